The van der Waals surface area contributed by atoms with Gasteiger partial charge >= 0.3 is 0 Å². The van der Waals surface area contributed by atoms with Crippen molar-refractivity contribution in [2.45, 2.75) is 25.4 Å². The Labute approximate surface area is 181 Å². The maximum atomic E-state index is 13.1. The van der Waals surface area contributed by atoms with Crippen LogP contribution in [0.25, 0.3) is 16.6 Å². The molecule has 2 aromatic heterocycles. The molecular formula is C24H27FN6. The number of aromatic nitrogens is 4. The first-order valence-corrected chi connectivity index (χ1v) is 10.8. The van der Waals surface area contributed by atoms with E-state index < -0.39 is 0 Å². The predicted octanol–water partition coefficient (Wildman–Crippen LogP) is 3.64. The highest BCUT2D eigenvalue weighted by atomic mass is 19.1. The van der Waals surface area contributed by atoms with Crippen molar-refractivity contribution in [3.05, 3.63) is 78.3 Å². The molecular weight excluding hydrogens is 391 g/mol. The molecule has 1 N–H and O–H groups in total. The van der Waals surface area contributed by atoms with Crippen molar-refractivity contribution in [2.75, 3.05) is 26.7 Å². The molecule has 1 saturated heterocycles. The minimum absolute atomic E-state index is 0.172. The van der Waals surface area contributed by atoms with Crippen molar-refractivity contribution in [3.8, 4) is 5.69 Å². The zero-order valence-corrected chi connectivity index (χ0v) is 17.7. The van der Waals surface area contributed by atoms with Gasteiger partial charge in [0.05, 0.1) is 0 Å². The van der Waals surface area contributed by atoms with Crippen LogP contribution in [-0.4, -0.2) is 62.3 Å². The molecule has 0 spiro atoms. The molecule has 0 saturated carbocycles. The molecule has 1 aliphatic heterocycles. The molecule has 2 aromatic carbocycles. The fourth-order valence-corrected chi connectivity index (χ4v) is 4.51. The molecule has 0 radical (unpaired) electrons. The van der Waals surface area contributed by atoms with Crippen LogP contribution >= 0.6 is 0 Å². The van der Waals surface area contributed by atoms with E-state index in [0.29, 0.717) is 6.04 Å². The molecule has 3 heterocycles. The largest absolute Gasteiger partial charge is 0.361 e. The molecule has 0 bridgehead atoms. The van der Waals surface area contributed by atoms with Gasteiger partial charge in [-0.3, -0.25) is 9.47 Å². The van der Waals surface area contributed by atoms with Gasteiger partial charge in [-0.05, 0) is 61.3 Å². The Morgan fingerprint density at radius 3 is 2.74 bits per heavy atom. The third-order valence-corrected chi connectivity index (χ3v) is 6.39. The van der Waals surface area contributed by atoms with Crippen LogP contribution in [-0.2, 0) is 13.0 Å². The number of hydrogen-bond acceptors (Lipinski definition) is 4. The zero-order valence-electron chi connectivity index (χ0n) is 17.7. The summed E-state index contributed by atoms with van der Waals surface area (Å²) in [6, 6.07) is 13.8. The van der Waals surface area contributed by atoms with E-state index >= 15 is 0 Å². The SMILES string of the molecule is CN(CCc1c[nH]c2ccc(-n3cnnc3)cc12)[C@@H]1CCN(Cc2ccc(F)cc2)C1. The molecule has 0 aliphatic carbocycles. The Morgan fingerprint density at radius 1 is 1.13 bits per heavy atom. The number of likely N-dealkylation sites (tertiary alicyclic amines) is 1. The van der Waals surface area contributed by atoms with Crippen LogP contribution in [0.15, 0.2) is 61.3 Å². The summed E-state index contributed by atoms with van der Waals surface area (Å²) in [6.45, 7) is 4.04. The second-order valence-electron chi connectivity index (χ2n) is 8.45. The highest BCUT2D eigenvalue weighted by Crippen LogP contribution is 2.23. The molecule has 0 unspecified atom stereocenters. The monoisotopic (exact) mass is 418 g/mol. The smallest absolute Gasteiger partial charge is 0.123 e. The standard InChI is InChI=1S/C24H27FN6/c1-29(22-9-11-30(15-22)14-18-2-4-20(25)5-3-18)10-8-19-13-26-24-7-6-21(12-23(19)24)31-16-27-28-17-31/h2-7,12-13,16-17,22,26H,8-11,14-15H2,1H3/t22-/m1/s1. The molecule has 0 amide bonds. The Morgan fingerprint density at radius 2 is 1.94 bits per heavy atom. The van der Waals surface area contributed by atoms with Gasteiger partial charge in [-0.1, -0.05) is 12.1 Å². The van der Waals surface area contributed by atoms with Crippen LogP contribution in [0.5, 0.6) is 0 Å². The van der Waals surface area contributed by atoms with E-state index in [1.807, 2.05) is 16.7 Å². The number of fused-ring (bicyclic) bond motifs is 1. The van der Waals surface area contributed by atoms with Crippen molar-refractivity contribution >= 4 is 10.9 Å². The number of aromatic amines is 1. The Bertz CT molecular complexity index is 1130. The van der Waals surface area contributed by atoms with E-state index in [4.69, 9.17) is 0 Å². The Hall–Kier alpha value is -3.03. The first kappa shape index (κ1) is 19.9. The topological polar surface area (TPSA) is 53.0 Å². The summed E-state index contributed by atoms with van der Waals surface area (Å²) in [5, 5.41) is 9.07. The van der Waals surface area contributed by atoms with Gasteiger partial charge in [-0.2, -0.15) is 0 Å². The van der Waals surface area contributed by atoms with E-state index in [2.05, 4.69) is 56.4 Å². The van der Waals surface area contributed by atoms with Gasteiger partial charge in [0.15, 0.2) is 0 Å². The minimum Gasteiger partial charge on any atom is -0.361 e. The van der Waals surface area contributed by atoms with Crippen LogP contribution < -0.4 is 0 Å². The number of nitrogens with one attached hydrogen (secondary N) is 1. The third-order valence-electron chi connectivity index (χ3n) is 6.39. The van der Waals surface area contributed by atoms with E-state index in [1.54, 1.807) is 24.8 Å². The Kier molecular flexibility index (Phi) is 5.53. The summed E-state index contributed by atoms with van der Waals surface area (Å²) in [5.41, 5.74) is 4.73. The maximum Gasteiger partial charge on any atom is 0.123 e. The summed E-state index contributed by atoms with van der Waals surface area (Å²) >= 11 is 0. The molecule has 1 aliphatic rings. The van der Waals surface area contributed by atoms with Crippen LogP contribution in [0.2, 0.25) is 0 Å². The molecule has 1 atom stereocenters. The van der Waals surface area contributed by atoms with Gasteiger partial charge in [-0.15, -0.1) is 10.2 Å². The van der Waals surface area contributed by atoms with Gasteiger partial charge < -0.3 is 9.88 Å². The second-order valence-corrected chi connectivity index (χ2v) is 8.45. The molecule has 1 fully saturated rings. The van der Waals surface area contributed by atoms with Crippen molar-refractivity contribution in [2.24, 2.45) is 0 Å². The van der Waals surface area contributed by atoms with Crippen LogP contribution in [0, 0.1) is 5.82 Å². The lowest BCUT2D eigenvalue weighted by Gasteiger charge is -2.24. The van der Waals surface area contributed by atoms with Gasteiger partial charge in [0.2, 0.25) is 0 Å². The number of benzene rings is 2. The quantitative estimate of drug-likeness (QED) is 0.498. The summed E-state index contributed by atoms with van der Waals surface area (Å²) < 4.78 is 15.1. The van der Waals surface area contributed by atoms with Crippen LogP contribution in [0.3, 0.4) is 0 Å². The lowest BCUT2D eigenvalue weighted by atomic mass is 10.1. The summed E-state index contributed by atoms with van der Waals surface area (Å²) in [5.74, 6) is -0.172. The maximum absolute atomic E-state index is 13.1. The van der Waals surface area contributed by atoms with E-state index in [9.17, 15) is 4.39 Å². The molecule has 7 heteroatoms. The van der Waals surface area contributed by atoms with Crippen molar-refractivity contribution in [1.29, 1.82) is 0 Å². The zero-order chi connectivity index (χ0) is 21.2. The number of rotatable bonds is 7. The molecule has 160 valence electrons. The number of H-pyrrole nitrogens is 1. The summed E-state index contributed by atoms with van der Waals surface area (Å²) in [6.07, 6.45) is 7.74. The van der Waals surface area contributed by atoms with Gasteiger partial charge in [-0.25, -0.2) is 4.39 Å². The molecule has 5 rings (SSSR count). The molecule has 6 nitrogen and oxygen atoms in total. The number of likely N-dealkylation sites (N-methyl/N-ethyl adjacent to an activating group) is 1. The van der Waals surface area contributed by atoms with Crippen molar-refractivity contribution < 1.29 is 4.39 Å². The molecule has 31 heavy (non-hydrogen) atoms. The van der Waals surface area contributed by atoms with Crippen LogP contribution in [0.4, 0.5) is 4.39 Å². The highest BCUT2D eigenvalue weighted by Gasteiger charge is 2.25. The average molecular weight is 419 g/mol. The fraction of sp³-hybridized carbons (Fsp3) is 0.333. The van der Waals surface area contributed by atoms with Gasteiger partial charge in [0.1, 0.15) is 18.5 Å². The van der Waals surface area contributed by atoms with Crippen LogP contribution in [0.1, 0.15) is 17.5 Å². The lowest BCUT2D eigenvalue weighted by molar-refractivity contribution is 0.231. The first-order valence-electron chi connectivity index (χ1n) is 10.8. The minimum atomic E-state index is -0.172. The van der Waals surface area contributed by atoms with Gasteiger partial charge in [0.25, 0.3) is 0 Å². The fourth-order valence-electron chi connectivity index (χ4n) is 4.51. The van der Waals surface area contributed by atoms with Crippen molar-refractivity contribution in [3.63, 3.8) is 0 Å². The molecule has 4 aromatic rings. The number of hydrogen-bond donors (Lipinski definition) is 1. The average Bonchev–Trinajstić information content (AvgIpc) is 3.54. The predicted molar refractivity (Wildman–Crippen MR) is 120 cm³/mol. The van der Waals surface area contributed by atoms with E-state index in [0.717, 1.165) is 43.8 Å². The Balaban J connectivity index is 1.20. The van der Waals surface area contributed by atoms with Gasteiger partial charge in [0, 0.05) is 55.0 Å². The van der Waals surface area contributed by atoms with Crippen molar-refractivity contribution in [1.82, 2.24) is 29.5 Å². The summed E-state index contributed by atoms with van der Waals surface area (Å²) in [7, 11) is 2.23. The lowest BCUT2D eigenvalue weighted by Crippen LogP contribution is -2.35. The third kappa shape index (κ3) is 4.38. The van der Waals surface area contributed by atoms with E-state index in [1.165, 1.54) is 22.9 Å². The second kappa shape index (κ2) is 8.61. The number of nitrogens with zero attached hydrogens (tertiary/aromatic N) is 5. The number of halogens is 1. The normalized spacial score (nSPS) is 17.2. The first-order chi connectivity index (χ1) is 15.2. The summed E-state index contributed by atoms with van der Waals surface area (Å²) in [4.78, 5) is 8.34. The highest BCUT2D eigenvalue weighted by molar-refractivity contribution is 5.85. The van der Waals surface area contributed by atoms with E-state index in [-0.39, 0.29) is 5.82 Å².